The molecule has 2 aromatic carbocycles. The Labute approximate surface area is 266 Å². The largest absolute Gasteiger partial charge is 0.496 e. The molecule has 0 bridgehead atoms. The first-order valence-corrected chi connectivity index (χ1v) is 15.2. The van der Waals surface area contributed by atoms with E-state index in [-0.39, 0.29) is 11.9 Å². The molecule has 1 saturated heterocycles. The second kappa shape index (κ2) is 13.2. The lowest BCUT2D eigenvalue weighted by atomic mass is 9.99. The molecule has 3 N–H and O–H groups in total. The van der Waals surface area contributed by atoms with Crippen molar-refractivity contribution in [1.82, 2.24) is 25.9 Å². The quantitative estimate of drug-likeness (QED) is 0.212. The second-order valence-electron chi connectivity index (χ2n) is 10.6. The molecule has 0 saturated carbocycles. The fraction of sp³-hybridized carbons (Fsp3) is 0.273. The fourth-order valence-corrected chi connectivity index (χ4v) is 6.19. The van der Waals surface area contributed by atoms with Crippen molar-refractivity contribution in [3.8, 4) is 45.3 Å². The van der Waals surface area contributed by atoms with Crippen LogP contribution in [0, 0.1) is 0 Å². The lowest BCUT2D eigenvalue weighted by molar-refractivity contribution is -0.119. The van der Waals surface area contributed by atoms with E-state index in [4.69, 9.17) is 37.7 Å². The van der Waals surface area contributed by atoms with Gasteiger partial charge in [-0.15, -0.1) is 0 Å². The van der Waals surface area contributed by atoms with E-state index in [0.29, 0.717) is 52.6 Å². The maximum Gasteiger partial charge on any atom is 0.220 e. The van der Waals surface area contributed by atoms with Crippen LogP contribution >= 0.6 is 23.2 Å². The van der Waals surface area contributed by atoms with Crippen molar-refractivity contribution in [2.45, 2.75) is 25.4 Å². The smallest absolute Gasteiger partial charge is 0.220 e. The van der Waals surface area contributed by atoms with Gasteiger partial charge in [0.1, 0.15) is 11.6 Å². The third-order valence-electron chi connectivity index (χ3n) is 7.78. The molecule has 226 valence electrons. The zero-order valence-electron chi connectivity index (χ0n) is 24.4. The van der Waals surface area contributed by atoms with Crippen molar-refractivity contribution >= 4 is 34.9 Å². The minimum atomic E-state index is 0.103. The van der Waals surface area contributed by atoms with Gasteiger partial charge in [0.2, 0.25) is 11.8 Å². The predicted octanol–water partition coefficient (Wildman–Crippen LogP) is 5.52. The summed E-state index contributed by atoms with van der Waals surface area (Å²) in [5, 5.41) is 10.6. The Balaban J connectivity index is 1.27. The van der Waals surface area contributed by atoms with E-state index in [2.05, 4.69) is 25.9 Å². The predicted molar refractivity (Wildman–Crippen MR) is 174 cm³/mol. The van der Waals surface area contributed by atoms with Gasteiger partial charge in [-0.2, -0.15) is 0 Å². The van der Waals surface area contributed by atoms with Crippen LogP contribution in [0.15, 0.2) is 65.8 Å². The molecule has 44 heavy (non-hydrogen) atoms. The minimum Gasteiger partial charge on any atom is -0.496 e. The van der Waals surface area contributed by atoms with Crippen LogP contribution in [-0.2, 0) is 11.3 Å². The maximum absolute atomic E-state index is 11.5. The van der Waals surface area contributed by atoms with E-state index in [9.17, 15) is 4.79 Å². The van der Waals surface area contributed by atoms with Crippen LogP contribution in [0.3, 0.4) is 0 Å². The second-order valence-corrected chi connectivity index (χ2v) is 11.3. The third-order valence-corrected chi connectivity index (χ3v) is 8.57. The number of nitrogens with zero attached hydrogens (tertiary/aromatic N) is 3. The molecule has 6 rings (SSSR count). The number of aliphatic imine (C=N–C) groups is 1. The highest BCUT2D eigenvalue weighted by Gasteiger charge is 2.22. The highest BCUT2D eigenvalue weighted by molar-refractivity contribution is 6.39. The van der Waals surface area contributed by atoms with E-state index in [1.54, 1.807) is 20.4 Å². The fourth-order valence-electron chi connectivity index (χ4n) is 5.55. The zero-order valence-corrected chi connectivity index (χ0v) is 25.9. The number of ether oxygens (including phenoxy) is 2. The third kappa shape index (κ3) is 6.08. The average molecular weight is 632 g/mol. The first-order chi connectivity index (χ1) is 21.5. The molecule has 1 fully saturated rings. The van der Waals surface area contributed by atoms with Crippen molar-refractivity contribution in [3.63, 3.8) is 0 Å². The van der Waals surface area contributed by atoms with E-state index in [1.807, 2.05) is 54.6 Å². The van der Waals surface area contributed by atoms with Gasteiger partial charge in [-0.1, -0.05) is 53.5 Å². The lowest BCUT2D eigenvalue weighted by Crippen LogP contribution is -2.35. The van der Waals surface area contributed by atoms with E-state index >= 15 is 0 Å². The number of carbonyl (C=O) groups excluding carboxylic acids is 1. The number of benzene rings is 2. The number of aromatic nitrogens is 2. The van der Waals surface area contributed by atoms with Gasteiger partial charge < -0.3 is 25.4 Å². The SMILES string of the molecule is COc1cc(-c2nccc(-c3cccc(-c4ccc(CNCC5CCC(=O)N5)c(OC)n4)c3Cl)c2Cl)ccc1C1=NCCN1. The molecular weight excluding hydrogens is 599 g/mol. The Hall–Kier alpha value is -4.18. The monoisotopic (exact) mass is 630 g/mol. The molecule has 4 heterocycles. The number of pyridine rings is 2. The van der Waals surface area contributed by atoms with Crippen molar-refractivity contribution in [3.05, 3.63) is 82.0 Å². The zero-order chi connectivity index (χ0) is 30.6. The van der Waals surface area contributed by atoms with Crippen LogP contribution in [0.2, 0.25) is 10.0 Å². The summed E-state index contributed by atoms with van der Waals surface area (Å²) in [5.74, 6) is 2.11. The van der Waals surface area contributed by atoms with Crippen molar-refractivity contribution < 1.29 is 14.3 Å². The van der Waals surface area contributed by atoms with Gasteiger partial charge in [-0.25, -0.2) is 4.98 Å². The van der Waals surface area contributed by atoms with Crippen molar-refractivity contribution in [2.75, 3.05) is 33.9 Å². The maximum atomic E-state index is 11.5. The topological polar surface area (TPSA) is 110 Å². The number of hydrogen-bond acceptors (Lipinski definition) is 8. The van der Waals surface area contributed by atoms with Gasteiger partial charge in [-0.05, 0) is 30.7 Å². The van der Waals surface area contributed by atoms with Crippen LogP contribution in [-0.4, -0.2) is 61.6 Å². The molecule has 0 aliphatic carbocycles. The molecule has 1 amide bonds. The van der Waals surface area contributed by atoms with Gasteiger partial charge in [0, 0.05) is 66.1 Å². The summed E-state index contributed by atoms with van der Waals surface area (Å²) in [6.07, 6.45) is 3.14. The minimum absolute atomic E-state index is 0.103. The first-order valence-electron chi connectivity index (χ1n) is 14.4. The summed E-state index contributed by atoms with van der Waals surface area (Å²) in [5.41, 5.74) is 6.17. The summed E-state index contributed by atoms with van der Waals surface area (Å²) < 4.78 is 11.3. The highest BCUT2D eigenvalue weighted by atomic mass is 35.5. The van der Waals surface area contributed by atoms with Gasteiger partial charge in [0.15, 0.2) is 0 Å². The van der Waals surface area contributed by atoms with E-state index < -0.39 is 0 Å². The summed E-state index contributed by atoms with van der Waals surface area (Å²) in [6, 6.07) is 17.5. The Morgan fingerprint density at radius 3 is 2.57 bits per heavy atom. The number of halogens is 2. The summed E-state index contributed by atoms with van der Waals surface area (Å²) in [6.45, 7) is 2.79. The molecule has 0 radical (unpaired) electrons. The number of carbonyl (C=O) groups is 1. The Morgan fingerprint density at radius 2 is 1.82 bits per heavy atom. The molecule has 2 aromatic heterocycles. The Morgan fingerprint density at radius 1 is 0.977 bits per heavy atom. The number of nitrogens with one attached hydrogen (secondary N) is 3. The first kappa shape index (κ1) is 29.9. The average Bonchev–Trinajstić information content (AvgIpc) is 3.73. The molecule has 2 aliphatic rings. The van der Waals surface area contributed by atoms with Crippen LogP contribution < -0.4 is 25.4 Å². The van der Waals surface area contributed by atoms with Gasteiger partial charge in [0.25, 0.3) is 0 Å². The normalized spacial score (nSPS) is 16.0. The molecule has 11 heteroatoms. The molecule has 0 spiro atoms. The van der Waals surface area contributed by atoms with Crippen molar-refractivity contribution in [1.29, 1.82) is 0 Å². The molecule has 9 nitrogen and oxygen atoms in total. The number of rotatable bonds is 10. The summed E-state index contributed by atoms with van der Waals surface area (Å²) in [7, 11) is 3.24. The standard InChI is InChI=1S/C33H32Cl2N6O3/c1-43-27-16-19(6-9-25(27)32-38-14-15-39-32)31-30(35)23(12-13-37-31)22-4-3-5-24(29(22)34)26-10-7-20(33(41-26)44-2)17-36-18-21-8-11-28(42)40-21/h3-7,9-10,12-13,16,21,36H,8,11,14-15,17-18H2,1-2H3,(H,38,39)(H,40,42). The molecule has 2 aliphatic heterocycles. The van der Waals surface area contributed by atoms with Gasteiger partial charge >= 0.3 is 0 Å². The highest BCUT2D eigenvalue weighted by Crippen LogP contribution is 2.42. The van der Waals surface area contributed by atoms with Crippen LogP contribution in [0.25, 0.3) is 33.6 Å². The summed E-state index contributed by atoms with van der Waals surface area (Å²) >= 11 is 14.1. The van der Waals surface area contributed by atoms with E-state index in [1.165, 1.54) is 0 Å². The van der Waals surface area contributed by atoms with Gasteiger partial charge in [0.05, 0.1) is 47.8 Å². The summed E-state index contributed by atoms with van der Waals surface area (Å²) in [4.78, 5) is 25.4. The van der Waals surface area contributed by atoms with Crippen LogP contribution in [0.1, 0.15) is 24.0 Å². The molecular formula is C33H32Cl2N6O3. The molecule has 1 atom stereocenters. The number of amides is 1. The number of amidine groups is 1. The van der Waals surface area contributed by atoms with Gasteiger partial charge in [-0.3, -0.25) is 14.8 Å². The molecule has 1 unspecified atom stereocenters. The van der Waals surface area contributed by atoms with E-state index in [0.717, 1.165) is 58.7 Å². The number of methoxy groups -OCH3 is 2. The Kier molecular flexibility index (Phi) is 8.97. The molecule has 4 aromatic rings. The van der Waals surface area contributed by atoms with Crippen molar-refractivity contribution in [2.24, 2.45) is 4.99 Å². The number of hydrogen-bond donors (Lipinski definition) is 3. The Bertz CT molecular complexity index is 1750. The van der Waals surface area contributed by atoms with Crippen LogP contribution in [0.5, 0.6) is 11.6 Å². The van der Waals surface area contributed by atoms with Crippen LogP contribution in [0.4, 0.5) is 0 Å². The lowest BCUT2D eigenvalue weighted by Gasteiger charge is -2.16.